The molecule has 0 heterocycles. The van der Waals surface area contributed by atoms with Crippen molar-refractivity contribution in [3.63, 3.8) is 0 Å². The van der Waals surface area contributed by atoms with Gasteiger partial charge in [0.05, 0.1) is 6.16 Å². The van der Waals surface area contributed by atoms with Gasteiger partial charge in [-0.1, -0.05) is 39.0 Å². The van der Waals surface area contributed by atoms with E-state index in [0.717, 1.165) is 0 Å². The van der Waals surface area contributed by atoms with Crippen molar-refractivity contribution in [1.82, 2.24) is 0 Å². The third-order valence-corrected chi connectivity index (χ3v) is 8.18. The van der Waals surface area contributed by atoms with E-state index >= 15 is 0 Å². The summed E-state index contributed by atoms with van der Waals surface area (Å²) in [6.07, 6.45) is -19.6. The standard InChI is InChI=1S/C20H31F8O3P/c1-2-3-12-32(29,30-17(19(23,24)25)13-8-4-6-10-15(13)21)31-18(20(26,27)28)14-9-5-7-11-16(14)22/h13-18H,2-12H2,1H3. The molecule has 3 nitrogen and oxygen atoms in total. The summed E-state index contributed by atoms with van der Waals surface area (Å²) in [6, 6.07) is 0. The van der Waals surface area contributed by atoms with Crippen molar-refractivity contribution in [2.24, 2.45) is 11.8 Å². The van der Waals surface area contributed by atoms with Crippen molar-refractivity contribution in [2.75, 3.05) is 6.16 Å². The monoisotopic (exact) mass is 502 g/mol. The Kier molecular flexibility index (Phi) is 9.87. The molecule has 0 aromatic rings. The van der Waals surface area contributed by atoms with Crippen LogP contribution in [0, 0.1) is 11.8 Å². The van der Waals surface area contributed by atoms with Gasteiger partial charge in [0, 0.05) is 11.8 Å². The number of alkyl halides is 8. The fourth-order valence-corrected chi connectivity index (χ4v) is 6.71. The molecule has 0 spiro atoms. The van der Waals surface area contributed by atoms with E-state index in [1.807, 2.05) is 0 Å². The highest BCUT2D eigenvalue weighted by Gasteiger charge is 2.56. The fraction of sp³-hybridized carbons (Fsp3) is 1.00. The molecule has 0 amide bonds. The Bertz CT molecular complexity index is 581. The van der Waals surface area contributed by atoms with E-state index in [1.165, 1.54) is 0 Å². The Morgan fingerprint density at radius 3 is 1.47 bits per heavy atom. The van der Waals surface area contributed by atoms with Crippen LogP contribution < -0.4 is 0 Å². The first-order valence-corrected chi connectivity index (χ1v) is 12.9. The van der Waals surface area contributed by atoms with Gasteiger partial charge in [0.1, 0.15) is 12.3 Å². The van der Waals surface area contributed by atoms with Crippen LogP contribution in [0.15, 0.2) is 0 Å². The number of hydrogen-bond donors (Lipinski definition) is 0. The van der Waals surface area contributed by atoms with Crippen LogP contribution in [0.25, 0.3) is 0 Å². The molecule has 2 aliphatic rings. The molecule has 32 heavy (non-hydrogen) atoms. The van der Waals surface area contributed by atoms with Crippen molar-refractivity contribution in [2.45, 2.75) is 108 Å². The quantitative estimate of drug-likeness (QED) is 0.237. The Morgan fingerprint density at radius 2 is 1.16 bits per heavy atom. The Morgan fingerprint density at radius 1 is 0.781 bits per heavy atom. The van der Waals surface area contributed by atoms with Crippen LogP contribution in [0.1, 0.15) is 71.1 Å². The maximum Gasteiger partial charge on any atom is 0.415 e. The van der Waals surface area contributed by atoms with Gasteiger partial charge in [0.15, 0.2) is 12.2 Å². The smallest absolute Gasteiger partial charge is 0.295 e. The molecule has 2 fully saturated rings. The van der Waals surface area contributed by atoms with E-state index in [1.54, 1.807) is 6.92 Å². The van der Waals surface area contributed by atoms with Gasteiger partial charge in [-0.3, -0.25) is 13.6 Å². The minimum absolute atomic E-state index is 0.0279. The van der Waals surface area contributed by atoms with Crippen LogP contribution in [0.4, 0.5) is 35.1 Å². The summed E-state index contributed by atoms with van der Waals surface area (Å²) >= 11 is 0. The number of rotatable bonds is 9. The van der Waals surface area contributed by atoms with E-state index in [0.29, 0.717) is 19.3 Å². The fourth-order valence-electron chi connectivity index (χ4n) is 4.50. The van der Waals surface area contributed by atoms with Crippen LogP contribution in [-0.4, -0.2) is 43.1 Å². The highest BCUT2D eigenvalue weighted by molar-refractivity contribution is 7.53. The summed E-state index contributed by atoms with van der Waals surface area (Å²) in [6.45, 7) is 1.60. The third kappa shape index (κ3) is 7.55. The second kappa shape index (κ2) is 11.3. The predicted molar refractivity (Wildman–Crippen MR) is 103 cm³/mol. The zero-order valence-electron chi connectivity index (χ0n) is 17.9. The molecule has 0 aromatic heterocycles. The summed E-state index contributed by atoms with van der Waals surface area (Å²) < 4.78 is 134. The van der Waals surface area contributed by atoms with Crippen molar-refractivity contribution in [3.8, 4) is 0 Å². The van der Waals surface area contributed by atoms with Crippen LogP contribution in [0.2, 0.25) is 0 Å². The van der Waals surface area contributed by atoms with Crippen LogP contribution >= 0.6 is 7.60 Å². The topological polar surface area (TPSA) is 35.5 Å². The zero-order valence-corrected chi connectivity index (χ0v) is 18.8. The molecular weight excluding hydrogens is 471 g/mol. The molecule has 2 rings (SSSR count). The zero-order chi connectivity index (χ0) is 24.2. The van der Waals surface area contributed by atoms with Crippen LogP contribution in [-0.2, 0) is 13.6 Å². The summed E-state index contributed by atoms with van der Waals surface area (Å²) in [5.41, 5.74) is 0. The lowest BCUT2D eigenvalue weighted by atomic mass is 9.83. The van der Waals surface area contributed by atoms with Crippen molar-refractivity contribution in [3.05, 3.63) is 0 Å². The van der Waals surface area contributed by atoms with Gasteiger partial charge >= 0.3 is 19.9 Å². The van der Waals surface area contributed by atoms with Gasteiger partial charge in [-0.05, 0) is 32.1 Å². The van der Waals surface area contributed by atoms with Gasteiger partial charge in [0.25, 0.3) is 0 Å². The Labute approximate surface area is 183 Å². The molecule has 2 aliphatic carbocycles. The molecule has 2 saturated carbocycles. The molecule has 12 heteroatoms. The van der Waals surface area contributed by atoms with E-state index in [-0.39, 0.29) is 44.9 Å². The lowest BCUT2D eigenvalue weighted by molar-refractivity contribution is -0.235. The van der Waals surface area contributed by atoms with Gasteiger partial charge in [-0.2, -0.15) is 26.3 Å². The highest BCUT2D eigenvalue weighted by atomic mass is 31.2. The van der Waals surface area contributed by atoms with E-state index in [9.17, 15) is 39.7 Å². The maximum absolute atomic E-state index is 14.3. The van der Waals surface area contributed by atoms with Crippen molar-refractivity contribution >= 4 is 7.60 Å². The third-order valence-electron chi connectivity index (χ3n) is 6.22. The van der Waals surface area contributed by atoms with Crippen molar-refractivity contribution < 1.29 is 48.7 Å². The molecular formula is C20H31F8O3P. The molecule has 190 valence electrons. The Hall–Kier alpha value is -0.410. The first-order valence-electron chi connectivity index (χ1n) is 11.2. The summed E-state index contributed by atoms with van der Waals surface area (Å²) in [7, 11) is -5.00. The van der Waals surface area contributed by atoms with E-state index < -0.39 is 62.5 Å². The number of halogens is 8. The lowest BCUT2D eigenvalue weighted by Gasteiger charge is -2.38. The van der Waals surface area contributed by atoms with Gasteiger partial charge in [0.2, 0.25) is 0 Å². The number of hydrogen-bond acceptors (Lipinski definition) is 3. The second-order valence-corrected chi connectivity index (χ2v) is 10.8. The highest BCUT2D eigenvalue weighted by Crippen LogP contribution is 2.58. The van der Waals surface area contributed by atoms with Crippen LogP contribution in [0.3, 0.4) is 0 Å². The summed E-state index contributed by atoms with van der Waals surface area (Å²) in [4.78, 5) is 0. The lowest BCUT2D eigenvalue weighted by Crippen LogP contribution is -2.46. The number of unbranched alkanes of at least 4 members (excludes halogenated alkanes) is 1. The Balaban J connectivity index is 2.35. The second-order valence-electron chi connectivity index (χ2n) is 8.75. The summed E-state index contributed by atoms with van der Waals surface area (Å²) in [5.74, 6) is -3.37. The van der Waals surface area contributed by atoms with Gasteiger partial charge < -0.3 is 0 Å². The first-order chi connectivity index (χ1) is 14.8. The molecule has 0 saturated heterocycles. The average Bonchev–Trinajstić information content (AvgIpc) is 2.69. The maximum atomic E-state index is 14.3. The largest absolute Gasteiger partial charge is 0.415 e. The molecule has 0 radical (unpaired) electrons. The van der Waals surface area contributed by atoms with Gasteiger partial charge in [-0.15, -0.1) is 0 Å². The SMILES string of the molecule is CCCCP(=O)(OC(C1CCCCC1F)C(F)(F)F)OC(C1CCCCC1F)C(F)(F)F. The van der Waals surface area contributed by atoms with Gasteiger partial charge in [-0.25, -0.2) is 8.78 Å². The molecule has 0 aliphatic heterocycles. The minimum Gasteiger partial charge on any atom is -0.295 e. The first kappa shape index (κ1) is 27.8. The predicted octanol–water partition coefficient (Wildman–Crippen LogP) is 7.93. The molecule has 6 unspecified atom stereocenters. The molecule has 0 bridgehead atoms. The molecule has 0 aromatic carbocycles. The van der Waals surface area contributed by atoms with Crippen LogP contribution in [0.5, 0.6) is 0 Å². The van der Waals surface area contributed by atoms with Crippen molar-refractivity contribution in [1.29, 1.82) is 0 Å². The minimum atomic E-state index is -5.15. The summed E-state index contributed by atoms with van der Waals surface area (Å²) in [5, 5.41) is 0. The normalized spacial score (nSPS) is 31.7. The van der Waals surface area contributed by atoms with E-state index in [4.69, 9.17) is 9.05 Å². The van der Waals surface area contributed by atoms with E-state index in [2.05, 4.69) is 0 Å². The molecule has 6 atom stereocenters. The average molecular weight is 502 g/mol. The molecule has 0 N–H and O–H groups in total.